The first kappa shape index (κ1) is 22.8. The van der Waals surface area contributed by atoms with Crippen molar-refractivity contribution in [1.82, 2.24) is 14.8 Å². The highest BCUT2D eigenvalue weighted by Crippen LogP contribution is 2.17. The van der Waals surface area contributed by atoms with Crippen LogP contribution in [0.15, 0.2) is 53.7 Å². The lowest BCUT2D eigenvalue weighted by atomic mass is 10.1. The van der Waals surface area contributed by atoms with E-state index in [2.05, 4.69) is 68.4 Å². The van der Waals surface area contributed by atoms with Crippen molar-refractivity contribution in [3.8, 4) is 0 Å². The maximum atomic E-state index is 4.99. The van der Waals surface area contributed by atoms with Crippen LogP contribution in [0.1, 0.15) is 24.8 Å². The predicted octanol–water partition coefficient (Wildman–Crippen LogP) is 3.91. The van der Waals surface area contributed by atoms with Crippen molar-refractivity contribution < 1.29 is 0 Å². The number of rotatable bonds is 4. The number of aromatic nitrogens is 1. The Kier molecular flexibility index (Phi) is 8.74. The van der Waals surface area contributed by atoms with E-state index in [1.807, 2.05) is 12.3 Å². The molecular formula is C23H33IN6. The summed E-state index contributed by atoms with van der Waals surface area (Å²) < 4.78 is 0. The molecule has 0 saturated carbocycles. The maximum Gasteiger partial charge on any atom is 0.198 e. The lowest BCUT2D eigenvalue weighted by Gasteiger charge is -2.33. The number of likely N-dealkylation sites (tertiary alicyclic amines) is 1. The van der Waals surface area contributed by atoms with E-state index < -0.39 is 0 Å². The molecule has 2 aliphatic rings. The van der Waals surface area contributed by atoms with Crippen LogP contribution >= 0.6 is 24.0 Å². The highest BCUT2D eigenvalue weighted by Gasteiger charge is 2.17. The molecule has 7 heteroatoms. The fourth-order valence-electron chi connectivity index (χ4n) is 3.91. The summed E-state index contributed by atoms with van der Waals surface area (Å²) in [6.45, 7) is 7.04. The molecule has 2 aliphatic heterocycles. The van der Waals surface area contributed by atoms with E-state index in [1.54, 1.807) is 0 Å². The summed E-state index contributed by atoms with van der Waals surface area (Å²) in [5, 5.41) is 3.55. The maximum absolute atomic E-state index is 4.99. The molecule has 0 unspecified atom stereocenters. The van der Waals surface area contributed by atoms with Gasteiger partial charge in [0.2, 0.25) is 0 Å². The molecule has 2 saturated heterocycles. The Labute approximate surface area is 197 Å². The van der Waals surface area contributed by atoms with Crippen molar-refractivity contribution >= 4 is 41.4 Å². The van der Waals surface area contributed by atoms with E-state index in [9.17, 15) is 0 Å². The zero-order chi connectivity index (χ0) is 19.9. The molecule has 0 bridgehead atoms. The molecule has 1 N–H and O–H groups in total. The number of anilines is 2. The number of guanidine groups is 1. The number of piperidine rings is 1. The number of pyridine rings is 1. The van der Waals surface area contributed by atoms with E-state index >= 15 is 0 Å². The van der Waals surface area contributed by atoms with Crippen LogP contribution in [0.4, 0.5) is 11.5 Å². The van der Waals surface area contributed by atoms with Gasteiger partial charge in [-0.25, -0.2) is 9.98 Å². The van der Waals surface area contributed by atoms with Crippen LogP contribution in [0.2, 0.25) is 0 Å². The smallest absolute Gasteiger partial charge is 0.198 e. The number of piperazine rings is 1. The van der Waals surface area contributed by atoms with Crippen LogP contribution in [0.5, 0.6) is 0 Å². The van der Waals surface area contributed by atoms with Crippen LogP contribution in [0.25, 0.3) is 0 Å². The number of benzene rings is 1. The van der Waals surface area contributed by atoms with E-state index in [0.29, 0.717) is 6.54 Å². The van der Waals surface area contributed by atoms with E-state index in [1.165, 1.54) is 24.8 Å². The largest absolute Gasteiger partial charge is 0.354 e. The van der Waals surface area contributed by atoms with Crippen molar-refractivity contribution in [2.75, 3.05) is 56.5 Å². The summed E-state index contributed by atoms with van der Waals surface area (Å²) >= 11 is 0. The van der Waals surface area contributed by atoms with Gasteiger partial charge in [-0.2, -0.15) is 0 Å². The predicted molar refractivity (Wildman–Crippen MR) is 136 cm³/mol. The van der Waals surface area contributed by atoms with Crippen molar-refractivity contribution in [2.24, 2.45) is 4.99 Å². The quantitative estimate of drug-likeness (QED) is 0.377. The summed E-state index contributed by atoms with van der Waals surface area (Å²) in [5.41, 5.74) is 2.29. The number of para-hydroxylation sites is 1. The van der Waals surface area contributed by atoms with Crippen molar-refractivity contribution in [3.05, 3.63) is 54.2 Å². The van der Waals surface area contributed by atoms with Crippen LogP contribution in [-0.4, -0.2) is 67.1 Å². The Bertz CT molecular complexity index is 798. The van der Waals surface area contributed by atoms with E-state index in [-0.39, 0.29) is 24.0 Å². The number of nitrogens with zero attached hydrogens (tertiary/aromatic N) is 5. The first-order valence-electron chi connectivity index (χ1n) is 10.8. The van der Waals surface area contributed by atoms with Gasteiger partial charge in [-0.05, 0) is 56.1 Å². The van der Waals surface area contributed by atoms with Crippen LogP contribution in [-0.2, 0) is 6.54 Å². The van der Waals surface area contributed by atoms with Gasteiger partial charge in [0, 0.05) is 51.2 Å². The molecule has 1 aromatic carbocycles. The highest BCUT2D eigenvalue weighted by molar-refractivity contribution is 14.0. The second-order valence-electron chi connectivity index (χ2n) is 7.99. The standard InChI is InChI=1S/C23H32N6.HI/c1-27-14-16-28(17-15-27)22-18-20(10-11-24-22)19-25-23(29-12-6-3-7-13-29)26-21-8-4-2-5-9-21;/h2,4-5,8-11,18H,3,6-7,12-17,19H2,1H3,(H,25,26);1H. The van der Waals surface area contributed by atoms with Gasteiger partial charge in [0.05, 0.1) is 6.54 Å². The molecule has 6 nitrogen and oxygen atoms in total. The molecule has 30 heavy (non-hydrogen) atoms. The van der Waals surface area contributed by atoms with Gasteiger partial charge in [-0.1, -0.05) is 18.2 Å². The average molecular weight is 520 g/mol. The van der Waals surface area contributed by atoms with E-state index in [0.717, 1.165) is 56.7 Å². The van der Waals surface area contributed by atoms with Crippen LogP contribution in [0, 0.1) is 0 Å². The molecule has 0 radical (unpaired) electrons. The van der Waals surface area contributed by atoms with Crippen LogP contribution in [0.3, 0.4) is 0 Å². The van der Waals surface area contributed by atoms with Crippen molar-refractivity contribution in [3.63, 3.8) is 0 Å². The fourth-order valence-corrected chi connectivity index (χ4v) is 3.91. The second kappa shape index (κ2) is 11.5. The topological polar surface area (TPSA) is 47.0 Å². The summed E-state index contributed by atoms with van der Waals surface area (Å²) in [4.78, 5) is 16.7. The molecular weight excluding hydrogens is 487 g/mol. The highest BCUT2D eigenvalue weighted by atomic mass is 127. The third-order valence-electron chi connectivity index (χ3n) is 5.73. The average Bonchev–Trinajstić information content (AvgIpc) is 2.78. The summed E-state index contributed by atoms with van der Waals surface area (Å²) in [6, 6.07) is 14.6. The van der Waals surface area contributed by atoms with Gasteiger partial charge in [0.15, 0.2) is 5.96 Å². The molecule has 0 amide bonds. The number of hydrogen-bond donors (Lipinski definition) is 1. The van der Waals surface area contributed by atoms with Gasteiger partial charge in [0.25, 0.3) is 0 Å². The first-order chi connectivity index (χ1) is 14.3. The Morgan fingerprint density at radius 3 is 2.43 bits per heavy atom. The Hall–Kier alpha value is -1.87. The monoisotopic (exact) mass is 520 g/mol. The van der Waals surface area contributed by atoms with Gasteiger partial charge >= 0.3 is 0 Å². The molecule has 1 aromatic heterocycles. The van der Waals surface area contributed by atoms with Crippen LogP contribution < -0.4 is 10.2 Å². The molecule has 3 heterocycles. The SMILES string of the molecule is CN1CCN(c2cc(CN=C(Nc3ccccc3)N3CCCCC3)ccn2)CC1.I. The molecule has 0 aliphatic carbocycles. The summed E-state index contributed by atoms with van der Waals surface area (Å²) in [6.07, 6.45) is 5.70. The number of nitrogens with one attached hydrogen (secondary N) is 1. The van der Waals surface area contributed by atoms with Crippen molar-refractivity contribution in [2.45, 2.75) is 25.8 Å². The molecule has 2 fully saturated rings. The molecule has 4 rings (SSSR count). The molecule has 0 spiro atoms. The van der Waals surface area contributed by atoms with Gasteiger partial charge in [-0.3, -0.25) is 0 Å². The molecule has 0 atom stereocenters. The number of aliphatic imine (C=N–C) groups is 1. The minimum atomic E-state index is 0. The van der Waals surface area contributed by atoms with Crippen molar-refractivity contribution in [1.29, 1.82) is 0 Å². The molecule has 162 valence electrons. The normalized spacial score (nSPS) is 18.1. The summed E-state index contributed by atoms with van der Waals surface area (Å²) in [7, 11) is 2.18. The zero-order valence-corrected chi connectivity index (χ0v) is 20.2. The van der Waals surface area contributed by atoms with Gasteiger partial charge in [-0.15, -0.1) is 24.0 Å². The number of hydrogen-bond acceptors (Lipinski definition) is 4. The van der Waals surface area contributed by atoms with E-state index in [4.69, 9.17) is 4.99 Å². The second-order valence-corrected chi connectivity index (χ2v) is 7.99. The van der Waals surface area contributed by atoms with Gasteiger partial charge in [0.1, 0.15) is 5.82 Å². The third kappa shape index (κ3) is 6.31. The third-order valence-corrected chi connectivity index (χ3v) is 5.73. The Balaban J connectivity index is 0.00000256. The summed E-state index contributed by atoms with van der Waals surface area (Å²) in [5.74, 6) is 2.05. The lowest BCUT2D eigenvalue weighted by molar-refractivity contribution is 0.312. The Morgan fingerprint density at radius 1 is 0.967 bits per heavy atom. The number of halogens is 1. The first-order valence-corrected chi connectivity index (χ1v) is 10.8. The van der Waals surface area contributed by atoms with Gasteiger partial charge < -0.3 is 20.0 Å². The molecule has 2 aromatic rings. The lowest BCUT2D eigenvalue weighted by Crippen LogP contribution is -2.44. The fraction of sp³-hybridized carbons (Fsp3) is 0.478. The zero-order valence-electron chi connectivity index (χ0n) is 17.8. The minimum absolute atomic E-state index is 0. The number of likely N-dealkylation sites (N-methyl/N-ethyl adjacent to an activating group) is 1. The Morgan fingerprint density at radius 2 is 1.70 bits per heavy atom. The minimum Gasteiger partial charge on any atom is -0.354 e.